The second-order valence-corrected chi connectivity index (χ2v) is 7.10. The molecule has 1 N–H and O–H groups in total. The normalized spacial score (nSPS) is 17.8. The fourth-order valence-corrected chi connectivity index (χ4v) is 2.63. The van der Waals surface area contributed by atoms with E-state index in [0.29, 0.717) is 25.9 Å². The largest absolute Gasteiger partial charge is 0.378 e. The van der Waals surface area contributed by atoms with Crippen molar-refractivity contribution >= 4 is 15.6 Å². The molecule has 1 heterocycles. The number of ketones is 1. The summed E-state index contributed by atoms with van der Waals surface area (Å²) in [6.07, 6.45) is 4.62. The van der Waals surface area contributed by atoms with E-state index in [1.165, 1.54) is 6.26 Å². The van der Waals surface area contributed by atoms with Crippen LogP contribution in [0.25, 0.3) is 0 Å². The van der Waals surface area contributed by atoms with Gasteiger partial charge in [0.15, 0.2) is 0 Å². The Labute approximate surface area is 109 Å². The predicted octanol–water partition coefficient (Wildman–Crippen LogP) is 0.539. The number of hydrogen-bond donors (Lipinski definition) is 1. The van der Waals surface area contributed by atoms with E-state index in [1.54, 1.807) is 0 Å². The molecular weight excluding hydrogens is 254 g/mol. The molecule has 0 saturated carbocycles. The molecule has 0 aromatic heterocycles. The second-order valence-electron chi connectivity index (χ2n) is 4.84. The molecule has 0 aromatic rings. The average Bonchev–Trinajstić information content (AvgIpc) is 2.28. The maximum atomic E-state index is 11.5. The number of rotatable bonds is 8. The Hall–Kier alpha value is -0.460. The zero-order valence-electron chi connectivity index (χ0n) is 11.0. The Kier molecular flexibility index (Phi) is 6.81. The predicted molar refractivity (Wildman–Crippen MR) is 70.4 cm³/mol. The van der Waals surface area contributed by atoms with Gasteiger partial charge in [-0.25, -0.2) is 8.42 Å². The number of carbonyl (C=O) groups is 1. The first-order valence-corrected chi connectivity index (χ1v) is 8.55. The van der Waals surface area contributed by atoms with E-state index in [1.807, 2.05) is 0 Å². The monoisotopic (exact) mass is 277 g/mol. The summed E-state index contributed by atoms with van der Waals surface area (Å²) in [6, 6.07) is 0. The number of nitrogens with one attached hydrogen (secondary N) is 1. The van der Waals surface area contributed by atoms with Gasteiger partial charge in [0.25, 0.3) is 0 Å². The zero-order chi connectivity index (χ0) is 13.4. The lowest BCUT2D eigenvalue weighted by Gasteiger charge is -2.22. The average molecular weight is 277 g/mol. The molecular formula is C12H23NO4S. The highest BCUT2D eigenvalue weighted by Crippen LogP contribution is 2.08. The van der Waals surface area contributed by atoms with Gasteiger partial charge < -0.3 is 10.1 Å². The van der Waals surface area contributed by atoms with Crippen molar-refractivity contribution in [3.63, 3.8) is 0 Å². The molecule has 0 amide bonds. The standard InChI is InChI=1S/C12H23NO4S/c1-18(15,16)10-2-3-11(14)6-9-17-12-4-7-13-8-5-12/h12-13H,2-10H2,1H3. The number of Topliss-reactive ketones (excluding diaryl/α,β-unsaturated/α-hetero) is 1. The minimum absolute atomic E-state index is 0.0904. The second kappa shape index (κ2) is 7.86. The summed E-state index contributed by atoms with van der Waals surface area (Å²) >= 11 is 0. The third-order valence-electron chi connectivity index (χ3n) is 2.99. The Balaban J connectivity index is 2.02. The minimum Gasteiger partial charge on any atom is -0.378 e. The van der Waals surface area contributed by atoms with E-state index in [2.05, 4.69) is 5.32 Å². The van der Waals surface area contributed by atoms with Crippen LogP contribution in [0.3, 0.4) is 0 Å². The van der Waals surface area contributed by atoms with Crippen LogP contribution in [0, 0.1) is 0 Å². The summed E-state index contributed by atoms with van der Waals surface area (Å²) in [6.45, 7) is 2.42. The maximum Gasteiger partial charge on any atom is 0.147 e. The first kappa shape index (κ1) is 15.6. The lowest BCUT2D eigenvalue weighted by atomic mass is 10.1. The molecule has 0 radical (unpaired) electrons. The van der Waals surface area contributed by atoms with Crippen LogP contribution >= 0.6 is 0 Å². The molecule has 1 aliphatic rings. The van der Waals surface area contributed by atoms with Gasteiger partial charge >= 0.3 is 0 Å². The fraction of sp³-hybridized carbons (Fsp3) is 0.917. The molecule has 1 fully saturated rings. The number of sulfone groups is 1. The SMILES string of the molecule is CS(=O)(=O)CCCC(=O)CCOC1CCNCC1. The molecule has 1 saturated heterocycles. The Morgan fingerprint density at radius 3 is 2.56 bits per heavy atom. The van der Waals surface area contributed by atoms with Gasteiger partial charge in [-0.15, -0.1) is 0 Å². The first-order chi connectivity index (χ1) is 8.47. The van der Waals surface area contributed by atoms with Crippen molar-refractivity contribution in [3.05, 3.63) is 0 Å². The number of carbonyl (C=O) groups excluding carboxylic acids is 1. The van der Waals surface area contributed by atoms with Crippen molar-refractivity contribution in [2.75, 3.05) is 31.7 Å². The summed E-state index contributed by atoms with van der Waals surface area (Å²) < 4.78 is 27.4. The van der Waals surface area contributed by atoms with E-state index < -0.39 is 9.84 Å². The fourth-order valence-electron chi connectivity index (χ4n) is 1.96. The maximum absolute atomic E-state index is 11.5. The highest BCUT2D eigenvalue weighted by molar-refractivity contribution is 7.90. The van der Waals surface area contributed by atoms with Crippen LogP contribution in [0.5, 0.6) is 0 Å². The molecule has 5 nitrogen and oxygen atoms in total. The molecule has 0 aromatic carbocycles. The van der Waals surface area contributed by atoms with Gasteiger partial charge in [-0.3, -0.25) is 4.79 Å². The molecule has 0 unspecified atom stereocenters. The van der Waals surface area contributed by atoms with Crippen molar-refractivity contribution in [3.8, 4) is 0 Å². The molecule has 18 heavy (non-hydrogen) atoms. The lowest BCUT2D eigenvalue weighted by molar-refractivity contribution is -0.120. The molecule has 0 bridgehead atoms. The summed E-state index contributed by atoms with van der Waals surface area (Å²) in [4.78, 5) is 11.5. The minimum atomic E-state index is -2.95. The van der Waals surface area contributed by atoms with E-state index in [0.717, 1.165) is 25.9 Å². The molecule has 106 valence electrons. The van der Waals surface area contributed by atoms with Crippen LogP contribution in [0.2, 0.25) is 0 Å². The molecule has 0 atom stereocenters. The summed E-state index contributed by atoms with van der Waals surface area (Å²) in [7, 11) is -2.95. The number of ether oxygens (including phenoxy) is 1. The third kappa shape index (κ3) is 7.79. The van der Waals surface area contributed by atoms with Gasteiger partial charge in [0.05, 0.1) is 18.5 Å². The van der Waals surface area contributed by atoms with E-state index in [-0.39, 0.29) is 17.6 Å². The highest BCUT2D eigenvalue weighted by atomic mass is 32.2. The van der Waals surface area contributed by atoms with Crippen LogP contribution in [-0.2, 0) is 19.4 Å². The van der Waals surface area contributed by atoms with Gasteiger partial charge in [0.2, 0.25) is 0 Å². The first-order valence-electron chi connectivity index (χ1n) is 6.49. The third-order valence-corrected chi connectivity index (χ3v) is 4.02. The topological polar surface area (TPSA) is 72.5 Å². The Morgan fingerprint density at radius 1 is 1.28 bits per heavy atom. The Morgan fingerprint density at radius 2 is 1.94 bits per heavy atom. The quantitative estimate of drug-likeness (QED) is 0.701. The van der Waals surface area contributed by atoms with Crippen LogP contribution < -0.4 is 5.32 Å². The Bertz CT molecular complexity index is 347. The zero-order valence-corrected chi connectivity index (χ0v) is 11.8. The van der Waals surface area contributed by atoms with Crippen molar-refractivity contribution in [2.45, 2.75) is 38.2 Å². The van der Waals surface area contributed by atoms with Gasteiger partial charge in [-0.05, 0) is 32.4 Å². The van der Waals surface area contributed by atoms with Gasteiger partial charge in [-0.1, -0.05) is 0 Å². The molecule has 1 aliphatic heterocycles. The van der Waals surface area contributed by atoms with Crippen LogP contribution in [0.4, 0.5) is 0 Å². The van der Waals surface area contributed by atoms with Gasteiger partial charge in [-0.2, -0.15) is 0 Å². The molecule has 0 aliphatic carbocycles. The number of hydrogen-bond acceptors (Lipinski definition) is 5. The van der Waals surface area contributed by atoms with Crippen molar-refractivity contribution < 1.29 is 17.9 Å². The van der Waals surface area contributed by atoms with Crippen LogP contribution in [0.15, 0.2) is 0 Å². The smallest absolute Gasteiger partial charge is 0.147 e. The summed E-state index contributed by atoms with van der Waals surface area (Å²) in [5, 5.41) is 3.25. The van der Waals surface area contributed by atoms with Crippen molar-refractivity contribution in [2.24, 2.45) is 0 Å². The van der Waals surface area contributed by atoms with E-state index in [9.17, 15) is 13.2 Å². The lowest BCUT2D eigenvalue weighted by Crippen LogP contribution is -2.32. The summed E-state index contributed by atoms with van der Waals surface area (Å²) in [5.74, 6) is 0.182. The molecule has 0 spiro atoms. The van der Waals surface area contributed by atoms with E-state index in [4.69, 9.17) is 4.74 Å². The molecule has 6 heteroatoms. The van der Waals surface area contributed by atoms with Crippen molar-refractivity contribution in [1.29, 1.82) is 0 Å². The molecule has 1 rings (SSSR count). The van der Waals surface area contributed by atoms with Crippen LogP contribution in [-0.4, -0.2) is 52.0 Å². The highest BCUT2D eigenvalue weighted by Gasteiger charge is 2.13. The number of piperidine rings is 1. The summed E-state index contributed by atoms with van der Waals surface area (Å²) in [5.41, 5.74) is 0. The van der Waals surface area contributed by atoms with E-state index >= 15 is 0 Å². The van der Waals surface area contributed by atoms with Crippen LogP contribution in [0.1, 0.15) is 32.1 Å². The van der Waals surface area contributed by atoms with Crippen molar-refractivity contribution in [1.82, 2.24) is 5.32 Å². The van der Waals surface area contributed by atoms with Gasteiger partial charge in [0.1, 0.15) is 15.6 Å². The van der Waals surface area contributed by atoms with Gasteiger partial charge in [0, 0.05) is 19.1 Å².